The van der Waals surface area contributed by atoms with Gasteiger partial charge in [-0.05, 0) is 11.6 Å². The van der Waals surface area contributed by atoms with E-state index in [1.165, 1.54) is 17.8 Å². The van der Waals surface area contributed by atoms with Crippen molar-refractivity contribution in [3.63, 3.8) is 0 Å². The Labute approximate surface area is 102 Å². The van der Waals surface area contributed by atoms with E-state index in [-0.39, 0.29) is 18.0 Å². The number of rotatable bonds is 3. The van der Waals surface area contributed by atoms with Gasteiger partial charge < -0.3 is 15.8 Å². The fourth-order valence-electron chi connectivity index (χ4n) is 1.34. The number of nitrogen functional groups attached to an aromatic ring is 1. The maximum Gasteiger partial charge on any atom is 0.253 e. The number of hydrogen-bond acceptors (Lipinski definition) is 5. The van der Waals surface area contributed by atoms with Crippen molar-refractivity contribution in [3.05, 3.63) is 46.2 Å². The van der Waals surface area contributed by atoms with Crippen molar-refractivity contribution in [2.75, 3.05) is 5.73 Å². The van der Waals surface area contributed by atoms with Crippen molar-refractivity contribution in [1.82, 2.24) is 9.97 Å². The number of nitrogens with zero attached hydrogens (tertiary/aromatic N) is 1. The van der Waals surface area contributed by atoms with Crippen LogP contribution in [0.25, 0.3) is 0 Å². The van der Waals surface area contributed by atoms with Crippen LogP contribution in [0, 0.1) is 0 Å². The van der Waals surface area contributed by atoms with Gasteiger partial charge in [-0.25, -0.2) is 4.98 Å². The van der Waals surface area contributed by atoms with E-state index >= 15 is 0 Å². The van der Waals surface area contributed by atoms with E-state index in [9.17, 15) is 9.90 Å². The number of anilines is 1. The van der Waals surface area contributed by atoms with Gasteiger partial charge in [0.2, 0.25) is 0 Å². The molecular formula is C11H11N3O2S. The highest BCUT2D eigenvalue weighted by molar-refractivity contribution is 7.99. The van der Waals surface area contributed by atoms with Gasteiger partial charge in [0.1, 0.15) is 5.82 Å². The Morgan fingerprint density at radius 1 is 1.41 bits per heavy atom. The molecule has 0 aliphatic carbocycles. The number of nitrogens with one attached hydrogen (secondary N) is 1. The fourth-order valence-corrected chi connectivity index (χ4v) is 2.26. The number of H-pyrrole nitrogens is 1. The Kier molecular flexibility index (Phi) is 3.46. The van der Waals surface area contributed by atoms with Gasteiger partial charge in [0.05, 0.1) is 6.61 Å². The molecule has 2 rings (SSSR count). The number of hydrogen-bond donors (Lipinski definition) is 3. The molecule has 0 saturated carbocycles. The predicted molar refractivity (Wildman–Crippen MR) is 65.8 cm³/mol. The number of aliphatic hydroxyl groups is 1. The molecule has 4 N–H and O–H groups in total. The summed E-state index contributed by atoms with van der Waals surface area (Å²) in [6.07, 6.45) is 0. The summed E-state index contributed by atoms with van der Waals surface area (Å²) in [4.78, 5) is 18.6. The normalized spacial score (nSPS) is 10.4. The first-order valence-electron chi connectivity index (χ1n) is 4.92. The highest BCUT2D eigenvalue weighted by Crippen LogP contribution is 2.27. The summed E-state index contributed by atoms with van der Waals surface area (Å²) in [5, 5.41) is 9.59. The number of aromatic nitrogens is 2. The SMILES string of the molecule is Nc1cc(=O)[nH]c(Sc2ccccc2CO)n1. The van der Waals surface area contributed by atoms with Gasteiger partial charge in [-0.2, -0.15) is 0 Å². The lowest BCUT2D eigenvalue weighted by molar-refractivity contribution is 0.279. The summed E-state index contributed by atoms with van der Waals surface area (Å²) in [5.74, 6) is 0.178. The molecule has 0 spiro atoms. The van der Waals surface area contributed by atoms with Gasteiger partial charge in [-0.3, -0.25) is 4.79 Å². The van der Waals surface area contributed by atoms with Gasteiger partial charge in [-0.1, -0.05) is 30.0 Å². The van der Waals surface area contributed by atoms with Gasteiger partial charge >= 0.3 is 0 Å². The van der Waals surface area contributed by atoms with Crippen LogP contribution in [0.15, 0.2) is 45.2 Å². The number of aliphatic hydroxyl groups excluding tert-OH is 1. The molecule has 0 fully saturated rings. The van der Waals surface area contributed by atoms with Crippen LogP contribution in [-0.2, 0) is 6.61 Å². The Morgan fingerprint density at radius 2 is 2.18 bits per heavy atom. The van der Waals surface area contributed by atoms with Crippen LogP contribution in [0.2, 0.25) is 0 Å². The van der Waals surface area contributed by atoms with Crippen molar-refractivity contribution < 1.29 is 5.11 Å². The highest BCUT2D eigenvalue weighted by atomic mass is 32.2. The summed E-state index contributed by atoms with van der Waals surface area (Å²) >= 11 is 1.26. The molecule has 1 heterocycles. The van der Waals surface area contributed by atoms with Gasteiger partial charge in [0.25, 0.3) is 5.56 Å². The maximum absolute atomic E-state index is 11.2. The third-order valence-electron chi connectivity index (χ3n) is 2.09. The summed E-state index contributed by atoms with van der Waals surface area (Å²) < 4.78 is 0. The van der Waals surface area contributed by atoms with Gasteiger partial charge in [-0.15, -0.1) is 0 Å². The minimum Gasteiger partial charge on any atom is -0.392 e. The quantitative estimate of drug-likeness (QED) is 0.706. The molecule has 0 radical (unpaired) electrons. The minimum atomic E-state index is -0.290. The lowest BCUT2D eigenvalue weighted by atomic mass is 10.2. The van der Waals surface area contributed by atoms with Crippen molar-refractivity contribution >= 4 is 17.6 Å². The number of aromatic amines is 1. The minimum absolute atomic E-state index is 0.0598. The van der Waals surface area contributed by atoms with Gasteiger partial charge in [0, 0.05) is 11.0 Å². The molecule has 0 atom stereocenters. The van der Waals surface area contributed by atoms with E-state index in [0.29, 0.717) is 5.16 Å². The van der Waals surface area contributed by atoms with E-state index in [0.717, 1.165) is 10.5 Å². The van der Waals surface area contributed by atoms with E-state index in [1.54, 1.807) is 0 Å². The fraction of sp³-hybridized carbons (Fsp3) is 0.0909. The zero-order valence-electron chi connectivity index (χ0n) is 8.88. The van der Waals surface area contributed by atoms with E-state index in [2.05, 4.69) is 9.97 Å². The second-order valence-electron chi connectivity index (χ2n) is 3.34. The van der Waals surface area contributed by atoms with Crippen LogP contribution in [0.4, 0.5) is 5.82 Å². The number of nitrogens with two attached hydrogens (primary N) is 1. The maximum atomic E-state index is 11.2. The van der Waals surface area contributed by atoms with Crippen molar-refractivity contribution in [2.45, 2.75) is 16.7 Å². The van der Waals surface area contributed by atoms with E-state index in [1.807, 2.05) is 24.3 Å². The van der Waals surface area contributed by atoms with Crippen LogP contribution >= 0.6 is 11.8 Å². The first kappa shape index (κ1) is 11.7. The molecule has 0 saturated heterocycles. The molecule has 0 aliphatic rings. The van der Waals surface area contributed by atoms with Gasteiger partial charge in [0.15, 0.2) is 5.16 Å². The highest BCUT2D eigenvalue weighted by Gasteiger charge is 2.05. The Bertz CT molecular complexity index is 583. The standard InChI is InChI=1S/C11H11N3O2S/c12-9-5-10(16)14-11(13-9)17-8-4-2-1-3-7(8)6-15/h1-5,15H,6H2,(H3,12,13,14,16). The molecule has 0 aliphatic heterocycles. The summed E-state index contributed by atoms with van der Waals surface area (Å²) in [7, 11) is 0. The lowest BCUT2D eigenvalue weighted by Crippen LogP contribution is -2.09. The topological polar surface area (TPSA) is 92.0 Å². The van der Waals surface area contributed by atoms with Crippen molar-refractivity contribution in [2.24, 2.45) is 0 Å². The molecule has 17 heavy (non-hydrogen) atoms. The summed E-state index contributed by atoms with van der Waals surface area (Å²) in [6, 6.07) is 8.57. The van der Waals surface area contributed by atoms with Crippen LogP contribution in [-0.4, -0.2) is 15.1 Å². The first-order valence-corrected chi connectivity index (χ1v) is 5.74. The van der Waals surface area contributed by atoms with Crippen LogP contribution < -0.4 is 11.3 Å². The molecular weight excluding hydrogens is 238 g/mol. The van der Waals surface area contributed by atoms with E-state index < -0.39 is 0 Å². The monoisotopic (exact) mass is 249 g/mol. The van der Waals surface area contributed by atoms with Crippen LogP contribution in [0.1, 0.15) is 5.56 Å². The summed E-state index contributed by atoms with van der Waals surface area (Å²) in [5.41, 5.74) is 5.98. The molecule has 1 aromatic heterocycles. The molecule has 0 amide bonds. The largest absolute Gasteiger partial charge is 0.392 e. The van der Waals surface area contributed by atoms with E-state index in [4.69, 9.17) is 5.73 Å². The molecule has 1 aromatic carbocycles. The number of benzene rings is 1. The lowest BCUT2D eigenvalue weighted by Gasteiger charge is -2.05. The molecule has 5 nitrogen and oxygen atoms in total. The molecule has 6 heteroatoms. The van der Waals surface area contributed by atoms with Crippen molar-refractivity contribution in [3.8, 4) is 0 Å². The Hall–Kier alpha value is -1.79. The van der Waals surface area contributed by atoms with Crippen LogP contribution in [0.3, 0.4) is 0 Å². The first-order chi connectivity index (χ1) is 8.19. The Balaban J connectivity index is 2.34. The third-order valence-corrected chi connectivity index (χ3v) is 3.09. The second-order valence-corrected chi connectivity index (χ2v) is 4.37. The average Bonchev–Trinajstić information content (AvgIpc) is 2.28. The zero-order chi connectivity index (χ0) is 12.3. The summed E-state index contributed by atoms with van der Waals surface area (Å²) in [6.45, 7) is -0.0598. The third kappa shape index (κ3) is 2.86. The Morgan fingerprint density at radius 3 is 2.88 bits per heavy atom. The second kappa shape index (κ2) is 5.03. The molecule has 0 unspecified atom stereocenters. The molecule has 2 aromatic rings. The molecule has 88 valence electrons. The zero-order valence-corrected chi connectivity index (χ0v) is 9.70. The predicted octanol–water partition coefficient (Wildman–Crippen LogP) is 0.996. The molecule has 0 bridgehead atoms. The smallest absolute Gasteiger partial charge is 0.253 e. The van der Waals surface area contributed by atoms with Crippen LogP contribution in [0.5, 0.6) is 0 Å². The average molecular weight is 249 g/mol. The van der Waals surface area contributed by atoms with Crippen molar-refractivity contribution in [1.29, 1.82) is 0 Å².